The molecule has 0 aliphatic carbocycles. The Morgan fingerprint density at radius 3 is 1.87 bits per heavy atom. The Hall–Kier alpha value is -4.71. The van der Waals surface area contributed by atoms with Crippen LogP contribution < -0.4 is 5.56 Å². The SMILES string of the molecule is CC(=O)OC[C@H]1OC[C@@](OC(C)=O)([C@@H]2C=Nc3c2ncn([C@]2(OC(C)=O)CO[C@H](COC(C)=O)[C@@H]2OC(C)=O)c3=O)[C@@H]1OC(C)=O. The second kappa shape index (κ2) is 13.3. The number of hydrogen-bond donors (Lipinski definition) is 0. The van der Waals surface area contributed by atoms with Crippen LogP contribution in [0.2, 0.25) is 0 Å². The maximum atomic E-state index is 14.1. The van der Waals surface area contributed by atoms with Crippen LogP contribution in [-0.2, 0) is 72.4 Å². The molecule has 1 aromatic rings. The maximum absolute atomic E-state index is 14.1. The zero-order valence-electron chi connectivity index (χ0n) is 25.8. The molecule has 4 heterocycles. The molecular formula is C28H33N3O15. The molecule has 1 aromatic heterocycles. The van der Waals surface area contributed by atoms with E-state index in [9.17, 15) is 33.6 Å². The molecule has 18 heteroatoms. The molecule has 46 heavy (non-hydrogen) atoms. The largest absolute Gasteiger partial charge is 0.463 e. The second-order valence-electron chi connectivity index (χ2n) is 10.8. The summed E-state index contributed by atoms with van der Waals surface area (Å²) in [7, 11) is 0. The summed E-state index contributed by atoms with van der Waals surface area (Å²) >= 11 is 0. The smallest absolute Gasteiger partial charge is 0.304 e. The van der Waals surface area contributed by atoms with E-state index in [1.807, 2.05) is 0 Å². The lowest BCUT2D eigenvalue weighted by molar-refractivity contribution is -0.198. The van der Waals surface area contributed by atoms with Crippen molar-refractivity contribution in [2.45, 2.75) is 83.2 Å². The minimum atomic E-state index is -2.10. The molecule has 0 amide bonds. The van der Waals surface area contributed by atoms with E-state index in [1.54, 1.807) is 0 Å². The third-order valence-electron chi connectivity index (χ3n) is 7.33. The predicted octanol–water partition coefficient (Wildman–Crippen LogP) is -0.652. The lowest BCUT2D eigenvalue weighted by Gasteiger charge is -2.37. The molecular weight excluding hydrogens is 618 g/mol. The number of nitrogens with zero attached hydrogens (tertiary/aromatic N) is 3. The molecule has 0 bridgehead atoms. The molecule has 0 aromatic carbocycles. The van der Waals surface area contributed by atoms with Gasteiger partial charge in [0.15, 0.2) is 23.5 Å². The number of carbonyl (C=O) groups is 6. The minimum absolute atomic E-state index is 0.0197. The van der Waals surface area contributed by atoms with Gasteiger partial charge in [0.25, 0.3) is 11.3 Å². The quantitative estimate of drug-likeness (QED) is 0.226. The van der Waals surface area contributed by atoms with Crippen molar-refractivity contribution in [3.8, 4) is 0 Å². The lowest BCUT2D eigenvalue weighted by Crippen LogP contribution is -2.56. The Bertz CT molecular complexity index is 1520. The van der Waals surface area contributed by atoms with Gasteiger partial charge in [-0.3, -0.25) is 43.1 Å². The summed E-state index contributed by atoms with van der Waals surface area (Å²) in [5.74, 6) is -5.65. The van der Waals surface area contributed by atoms with E-state index in [1.165, 1.54) is 13.1 Å². The monoisotopic (exact) mass is 651 g/mol. The van der Waals surface area contributed by atoms with E-state index in [0.29, 0.717) is 0 Å². The average Bonchev–Trinajstić information content (AvgIpc) is 3.61. The van der Waals surface area contributed by atoms with Crippen LogP contribution in [0.1, 0.15) is 53.2 Å². The average molecular weight is 652 g/mol. The van der Waals surface area contributed by atoms with Crippen LogP contribution in [0.3, 0.4) is 0 Å². The second-order valence-corrected chi connectivity index (χ2v) is 10.8. The van der Waals surface area contributed by atoms with Crippen LogP contribution in [-0.4, -0.2) is 108 Å². The molecule has 0 N–H and O–H groups in total. The summed E-state index contributed by atoms with van der Waals surface area (Å²) in [6.45, 7) is 5.10. The van der Waals surface area contributed by atoms with Crippen molar-refractivity contribution < 1.29 is 66.7 Å². The number of aliphatic imine (C=N–C) groups is 1. The van der Waals surface area contributed by atoms with Crippen molar-refractivity contribution in [1.29, 1.82) is 0 Å². The minimum Gasteiger partial charge on any atom is -0.463 e. The van der Waals surface area contributed by atoms with Crippen molar-refractivity contribution in [3.63, 3.8) is 0 Å². The van der Waals surface area contributed by atoms with Gasteiger partial charge >= 0.3 is 35.8 Å². The van der Waals surface area contributed by atoms with E-state index in [4.69, 9.17) is 37.9 Å². The summed E-state index contributed by atoms with van der Waals surface area (Å²) < 4.78 is 44.8. The standard InChI is InChI=1S/C28H33N3O15/c1-13(32)39-8-20-24(43-15(3)34)27(10-41-20,45-17(5)36)19-7-29-23-22(19)30-12-31(26(23)38)28(46-18(6)37)11-42-21(9-40-14(2)33)25(28)44-16(4)35/h7,12,19-21,24-25H,8-11H2,1-6H3/t19-,20-,21-,24-,25+,27-,28+/m1/s1. The van der Waals surface area contributed by atoms with Gasteiger partial charge in [-0.2, -0.15) is 0 Å². The van der Waals surface area contributed by atoms with Gasteiger partial charge in [0.05, 0.1) is 18.2 Å². The van der Waals surface area contributed by atoms with E-state index in [2.05, 4.69) is 9.98 Å². The number of rotatable bonds is 10. The molecule has 2 saturated heterocycles. The van der Waals surface area contributed by atoms with E-state index < -0.39 is 96.2 Å². The molecule has 3 aliphatic rings. The third kappa shape index (κ3) is 6.62. The van der Waals surface area contributed by atoms with E-state index in [-0.39, 0.29) is 24.6 Å². The summed E-state index contributed by atoms with van der Waals surface area (Å²) in [6, 6.07) is 0. The number of esters is 6. The van der Waals surface area contributed by atoms with Crippen LogP contribution >= 0.6 is 0 Å². The van der Waals surface area contributed by atoms with Gasteiger partial charge in [-0.05, 0) is 0 Å². The third-order valence-corrected chi connectivity index (χ3v) is 7.33. The Labute approximate surface area is 261 Å². The van der Waals surface area contributed by atoms with Gasteiger partial charge in [-0.1, -0.05) is 0 Å². The van der Waals surface area contributed by atoms with Crippen molar-refractivity contribution in [2.75, 3.05) is 26.4 Å². The summed E-state index contributed by atoms with van der Waals surface area (Å²) in [6.07, 6.45) is -2.74. The van der Waals surface area contributed by atoms with E-state index >= 15 is 0 Å². The van der Waals surface area contributed by atoms with Gasteiger partial charge in [0.1, 0.15) is 38.4 Å². The van der Waals surface area contributed by atoms with Gasteiger partial charge in [-0.25, -0.2) is 4.98 Å². The summed E-state index contributed by atoms with van der Waals surface area (Å²) in [5, 5.41) is 0. The highest BCUT2D eigenvalue weighted by atomic mass is 16.7. The van der Waals surface area contributed by atoms with Crippen molar-refractivity contribution in [2.24, 2.45) is 4.99 Å². The van der Waals surface area contributed by atoms with Gasteiger partial charge in [0.2, 0.25) is 0 Å². The molecule has 4 rings (SSSR count). The Balaban J connectivity index is 1.82. The fraction of sp³-hybridized carbons (Fsp3) is 0.607. The Kier molecular flexibility index (Phi) is 9.91. The number of ether oxygens (including phenoxy) is 8. The van der Waals surface area contributed by atoms with Gasteiger partial charge in [0, 0.05) is 47.8 Å². The summed E-state index contributed by atoms with van der Waals surface area (Å²) in [5.41, 5.74) is -5.08. The van der Waals surface area contributed by atoms with Gasteiger partial charge < -0.3 is 37.9 Å². The molecule has 0 saturated carbocycles. The molecule has 0 spiro atoms. The van der Waals surface area contributed by atoms with Crippen LogP contribution in [0.5, 0.6) is 0 Å². The Morgan fingerprint density at radius 1 is 0.783 bits per heavy atom. The maximum Gasteiger partial charge on any atom is 0.304 e. The Morgan fingerprint density at radius 2 is 1.33 bits per heavy atom. The van der Waals surface area contributed by atoms with Crippen LogP contribution in [0.15, 0.2) is 16.1 Å². The fourth-order valence-electron chi connectivity index (χ4n) is 5.71. The molecule has 2 fully saturated rings. The highest BCUT2D eigenvalue weighted by molar-refractivity contribution is 5.82. The number of hydrogen-bond acceptors (Lipinski definition) is 17. The predicted molar refractivity (Wildman–Crippen MR) is 147 cm³/mol. The molecule has 18 nitrogen and oxygen atoms in total. The first-order chi connectivity index (χ1) is 21.6. The first kappa shape index (κ1) is 34.2. The fourth-order valence-corrected chi connectivity index (χ4v) is 5.71. The summed E-state index contributed by atoms with van der Waals surface area (Å²) in [4.78, 5) is 94.7. The van der Waals surface area contributed by atoms with Crippen LogP contribution in [0.25, 0.3) is 0 Å². The van der Waals surface area contributed by atoms with Gasteiger partial charge in [-0.15, -0.1) is 0 Å². The number of fused-ring (bicyclic) bond motifs is 1. The van der Waals surface area contributed by atoms with Crippen LogP contribution in [0, 0.1) is 0 Å². The number of carbonyl (C=O) groups excluding carboxylic acids is 6. The highest BCUT2D eigenvalue weighted by Gasteiger charge is 2.62. The normalized spacial score (nSPS) is 29.4. The molecule has 0 unspecified atom stereocenters. The number of aromatic nitrogens is 2. The highest BCUT2D eigenvalue weighted by Crippen LogP contribution is 2.46. The topological polar surface area (TPSA) is 224 Å². The lowest BCUT2D eigenvalue weighted by atomic mass is 9.81. The van der Waals surface area contributed by atoms with E-state index in [0.717, 1.165) is 45.5 Å². The van der Waals surface area contributed by atoms with Crippen molar-refractivity contribution in [1.82, 2.24) is 9.55 Å². The zero-order chi connectivity index (χ0) is 34.0. The first-order valence-electron chi connectivity index (χ1n) is 14.0. The molecule has 0 radical (unpaired) electrons. The van der Waals surface area contributed by atoms with Crippen molar-refractivity contribution >= 4 is 47.7 Å². The molecule has 3 aliphatic heterocycles. The van der Waals surface area contributed by atoms with Crippen molar-refractivity contribution in [3.05, 3.63) is 22.4 Å². The zero-order valence-corrected chi connectivity index (χ0v) is 25.8. The molecule has 7 atom stereocenters. The first-order valence-corrected chi connectivity index (χ1v) is 14.0. The molecule has 250 valence electrons. The van der Waals surface area contributed by atoms with Crippen LogP contribution in [0.4, 0.5) is 5.69 Å².